The van der Waals surface area contributed by atoms with Gasteiger partial charge in [0.25, 0.3) is 0 Å². The lowest BCUT2D eigenvalue weighted by molar-refractivity contribution is -0.984. The Kier molecular flexibility index (Phi) is 5.53. The van der Waals surface area contributed by atoms with Crippen molar-refractivity contribution in [3.05, 3.63) is 90.1 Å². The number of rotatable bonds is 5. The van der Waals surface area contributed by atoms with Crippen molar-refractivity contribution >= 4 is 10.9 Å². The summed E-state index contributed by atoms with van der Waals surface area (Å²) < 4.78 is 39.8. The molecule has 5 atom stereocenters. The monoisotopic (exact) mass is 453 g/mol. The number of halogens is 3. The number of aliphatic hydroxyl groups is 1. The van der Waals surface area contributed by atoms with E-state index < -0.39 is 17.8 Å². The van der Waals surface area contributed by atoms with Gasteiger partial charge in [-0.2, -0.15) is 13.2 Å². The van der Waals surface area contributed by atoms with E-state index in [1.807, 2.05) is 36.4 Å². The topological polar surface area (TPSA) is 33.1 Å². The van der Waals surface area contributed by atoms with Crippen molar-refractivity contribution in [3.63, 3.8) is 0 Å². The molecule has 0 spiro atoms. The number of quaternary nitrogens is 1. The average molecular weight is 454 g/mol. The smallest absolute Gasteiger partial charge is 0.382 e. The van der Waals surface area contributed by atoms with E-state index in [9.17, 15) is 18.3 Å². The lowest BCUT2D eigenvalue weighted by Crippen LogP contribution is -2.67. The third-order valence-corrected chi connectivity index (χ3v) is 7.82. The van der Waals surface area contributed by atoms with Crippen molar-refractivity contribution in [2.75, 3.05) is 13.1 Å². The van der Waals surface area contributed by atoms with Crippen LogP contribution in [0.3, 0.4) is 0 Å². The van der Waals surface area contributed by atoms with Gasteiger partial charge in [0.15, 0.2) is 0 Å². The first-order valence-corrected chi connectivity index (χ1v) is 11.5. The van der Waals surface area contributed by atoms with E-state index in [1.54, 1.807) is 18.3 Å². The highest BCUT2D eigenvalue weighted by Gasteiger charge is 2.54. The zero-order valence-electron chi connectivity index (χ0n) is 18.4. The van der Waals surface area contributed by atoms with Crippen molar-refractivity contribution in [1.82, 2.24) is 4.98 Å². The molecule has 3 nitrogen and oxygen atoms in total. The highest BCUT2D eigenvalue weighted by molar-refractivity contribution is 5.82. The maximum Gasteiger partial charge on any atom is 0.416 e. The molecule has 3 aliphatic heterocycles. The number of alkyl halides is 3. The third kappa shape index (κ3) is 3.96. The van der Waals surface area contributed by atoms with Gasteiger partial charge in [0.1, 0.15) is 18.7 Å². The quantitative estimate of drug-likeness (QED) is 0.386. The van der Waals surface area contributed by atoms with Crippen LogP contribution >= 0.6 is 0 Å². The highest BCUT2D eigenvalue weighted by atomic mass is 19.4. The van der Waals surface area contributed by atoms with Gasteiger partial charge in [0.05, 0.1) is 24.2 Å². The molecule has 1 N–H and O–H groups in total. The number of aliphatic hydroxyl groups excluding tert-OH is 1. The maximum atomic E-state index is 13.1. The van der Waals surface area contributed by atoms with Gasteiger partial charge in [0.2, 0.25) is 0 Å². The summed E-state index contributed by atoms with van der Waals surface area (Å²) >= 11 is 0. The van der Waals surface area contributed by atoms with E-state index in [-0.39, 0.29) is 6.04 Å². The Morgan fingerprint density at radius 2 is 1.88 bits per heavy atom. The van der Waals surface area contributed by atoms with E-state index in [0.29, 0.717) is 22.9 Å². The molecular weight excluding hydrogens is 425 g/mol. The first kappa shape index (κ1) is 22.1. The molecule has 3 aliphatic rings. The van der Waals surface area contributed by atoms with Crippen LogP contribution in [0.4, 0.5) is 13.2 Å². The van der Waals surface area contributed by atoms with Crippen molar-refractivity contribution < 1.29 is 22.8 Å². The Hall–Kier alpha value is -2.70. The van der Waals surface area contributed by atoms with Crippen LogP contribution < -0.4 is 0 Å². The molecule has 6 heteroatoms. The number of fused-ring (bicyclic) bond motifs is 4. The summed E-state index contributed by atoms with van der Waals surface area (Å²) in [6.45, 7) is 6.39. The van der Waals surface area contributed by atoms with Crippen LogP contribution in [0.15, 0.2) is 73.4 Å². The number of hydrogen-bond acceptors (Lipinski definition) is 2. The summed E-state index contributed by atoms with van der Waals surface area (Å²) in [4.78, 5) is 4.43. The largest absolute Gasteiger partial charge is 0.416 e. The number of aromatic nitrogens is 1. The minimum Gasteiger partial charge on any atom is -0.382 e. The zero-order chi connectivity index (χ0) is 23.2. The Labute approximate surface area is 191 Å². The fourth-order valence-electron chi connectivity index (χ4n) is 6.13. The number of piperidine rings is 3. The fourth-order valence-corrected chi connectivity index (χ4v) is 6.13. The highest BCUT2D eigenvalue weighted by Crippen LogP contribution is 2.48. The minimum atomic E-state index is -4.34. The molecule has 172 valence electrons. The first-order valence-electron chi connectivity index (χ1n) is 11.5. The van der Waals surface area contributed by atoms with Crippen LogP contribution in [0.2, 0.25) is 0 Å². The molecule has 0 radical (unpaired) electrons. The van der Waals surface area contributed by atoms with Gasteiger partial charge in [-0.1, -0.05) is 36.4 Å². The molecule has 2 aromatic carbocycles. The average Bonchev–Trinajstić information content (AvgIpc) is 2.83. The number of hydrogen-bond donors (Lipinski definition) is 1. The van der Waals surface area contributed by atoms with Gasteiger partial charge in [0, 0.05) is 35.9 Å². The van der Waals surface area contributed by atoms with Gasteiger partial charge in [-0.15, -0.1) is 6.58 Å². The summed E-state index contributed by atoms with van der Waals surface area (Å²) in [5, 5.41) is 12.6. The number of pyridine rings is 1. The Balaban J connectivity index is 1.51. The standard InChI is InChI=1S/C27H28F3N2O/c1-2-19-17-32(16-18-7-9-21(10-8-18)27(28,29)30)14-12-20(19)15-25(32)26(33)23-11-13-31-24-6-4-3-5-22(23)24/h2-11,13,19-20,25-26,33H,1,12,14-17H2/q+1/t19-,20?,25+,26-,32?/m1/s1. The molecular formula is C27H28F3N2O+. The molecule has 4 heterocycles. The predicted molar refractivity (Wildman–Crippen MR) is 122 cm³/mol. The van der Waals surface area contributed by atoms with Gasteiger partial charge in [-0.05, 0) is 35.7 Å². The van der Waals surface area contributed by atoms with E-state index in [0.717, 1.165) is 60.1 Å². The molecule has 3 saturated heterocycles. The van der Waals surface area contributed by atoms with Crippen LogP contribution in [0.25, 0.3) is 10.9 Å². The maximum absolute atomic E-state index is 13.1. The fraction of sp³-hybridized carbons (Fsp3) is 0.370. The van der Waals surface area contributed by atoms with E-state index >= 15 is 0 Å². The molecule has 2 unspecified atom stereocenters. The molecule has 0 amide bonds. The van der Waals surface area contributed by atoms with Gasteiger partial charge < -0.3 is 9.59 Å². The van der Waals surface area contributed by atoms with Crippen molar-refractivity contribution in [2.24, 2.45) is 11.8 Å². The predicted octanol–water partition coefficient (Wildman–Crippen LogP) is 5.90. The van der Waals surface area contributed by atoms with Crippen molar-refractivity contribution in [3.8, 4) is 0 Å². The second kappa shape index (κ2) is 8.26. The molecule has 2 bridgehead atoms. The third-order valence-electron chi connectivity index (χ3n) is 7.82. The minimum absolute atomic E-state index is 0.0342. The molecule has 6 rings (SSSR count). The first-order chi connectivity index (χ1) is 15.8. The molecule has 33 heavy (non-hydrogen) atoms. The van der Waals surface area contributed by atoms with E-state index in [4.69, 9.17) is 0 Å². The van der Waals surface area contributed by atoms with Crippen LogP contribution in [-0.4, -0.2) is 33.7 Å². The Morgan fingerprint density at radius 3 is 2.61 bits per heavy atom. The second-order valence-corrected chi connectivity index (χ2v) is 9.59. The lowest BCUT2D eigenvalue weighted by atomic mass is 9.71. The van der Waals surface area contributed by atoms with Crippen LogP contribution in [0.5, 0.6) is 0 Å². The molecule has 3 aromatic rings. The van der Waals surface area contributed by atoms with E-state index in [2.05, 4.69) is 11.6 Å². The number of benzene rings is 2. The lowest BCUT2D eigenvalue weighted by Gasteiger charge is -2.58. The molecule has 3 fully saturated rings. The second-order valence-electron chi connectivity index (χ2n) is 9.59. The van der Waals surface area contributed by atoms with Gasteiger partial charge in [-0.3, -0.25) is 4.98 Å². The van der Waals surface area contributed by atoms with Crippen molar-refractivity contribution in [2.45, 2.75) is 37.7 Å². The summed E-state index contributed by atoms with van der Waals surface area (Å²) in [7, 11) is 0. The number of nitrogens with zero attached hydrogens (tertiary/aromatic N) is 2. The zero-order valence-corrected chi connectivity index (χ0v) is 18.4. The van der Waals surface area contributed by atoms with Crippen LogP contribution in [0, 0.1) is 11.8 Å². The summed E-state index contributed by atoms with van der Waals surface area (Å²) in [5.74, 6) is 0.827. The molecule has 1 aromatic heterocycles. The molecule has 0 aliphatic carbocycles. The van der Waals surface area contributed by atoms with Crippen molar-refractivity contribution in [1.29, 1.82) is 0 Å². The number of para-hydroxylation sites is 1. The van der Waals surface area contributed by atoms with Crippen LogP contribution in [-0.2, 0) is 12.7 Å². The Morgan fingerprint density at radius 1 is 1.12 bits per heavy atom. The summed E-state index contributed by atoms with van der Waals surface area (Å²) in [6, 6.07) is 15.2. The van der Waals surface area contributed by atoms with Crippen LogP contribution in [0.1, 0.15) is 35.6 Å². The van der Waals surface area contributed by atoms with Gasteiger partial charge >= 0.3 is 6.18 Å². The summed E-state index contributed by atoms with van der Waals surface area (Å²) in [6.07, 6.45) is 0.648. The SMILES string of the molecule is C=C[C@@H]1C[N+]2(Cc3ccc(C(F)(F)F)cc3)CCC1C[C@H]2[C@H](O)c1ccnc2ccccc12. The molecule has 0 saturated carbocycles. The normalized spacial score (nSPS) is 28.1. The van der Waals surface area contributed by atoms with E-state index in [1.165, 1.54) is 0 Å². The Bertz CT molecular complexity index is 1150. The summed E-state index contributed by atoms with van der Waals surface area (Å²) in [5.41, 5.74) is 1.96. The van der Waals surface area contributed by atoms with Gasteiger partial charge in [-0.25, -0.2) is 0 Å².